The first kappa shape index (κ1) is 17.5. The lowest BCUT2D eigenvalue weighted by atomic mass is 9.84. The smallest absolute Gasteiger partial charge is 0.0916 e. The van der Waals surface area contributed by atoms with Gasteiger partial charge in [-0.25, -0.2) is 0 Å². The second-order valence-electron chi connectivity index (χ2n) is 6.82. The third kappa shape index (κ3) is 5.10. The minimum atomic E-state index is -0.362. The van der Waals surface area contributed by atoms with E-state index in [-0.39, 0.29) is 6.10 Å². The number of rotatable bonds is 8. The lowest BCUT2D eigenvalue weighted by Gasteiger charge is -2.25. The number of aliphatic hydroxyl groups excluding tert-OH is 1. The second-order valence-corrected chi connectivity index (χ2v) is 6.82. The monoisotopic (exact) mass is 303 g/mol. The van der Waals surface area contributed by atoms with Crippen molar-refractivity contribution in [1.82, 2.24) is 4.90 Å². The van der Waals surface area contributed by atoms with Gasteiger partial charge in [0.15, 0.2) is 0 Å². The SMILES string of the molecule is CCCN(CCC)CC(O)c1ccc(C2CCCCC2)cc1. The van der Waals surface area contributed by atoms with Gasteiger partial charge in [-0.15, -0.1) is 0 Å². The molecule has 1 aliphatic rings. The first-order chi connectivity index (χ1) is 10.7. The summed E-state index contributed by atoms with van der Waals surface area (Å²) >= 11 is 0. The van der Waals surface area contributed by atoms with Gasteiger partial charge in [0.2, 0.25) is 0 Å². The van der Waals surface area contributed by atoms with Crippen molar-refractivity contribution in [2.75, 3.05) is 19.6 Å². The van der Waals surface area contributed by atoms with Crippen LogP contribution in [0.4, 0.5) is 0 Å². The Bertz CT molecular complexity index is 402. The van der Waals surface area contributed by atoms with Gasteiger partial charge in [0.25, 0.3) is 0 Å². The van der Waals surface area contributed by atoms with E-state index < -0.39 is 0 Å². The molecule has 1 atom stereocenters. The largest absolute Gasteiger partial charge is 0.387 e. The Morgan fingerprint density at radius 2 is 1.59 bits per heavy atom. The van der Waals surface area contributed by atoms with Crippen LogP contribution in [0.25, 0.3) is 0 Å². The zero-order valence-corrected chi connectivity index (χ0v) is 14.4. The van der Waals surface area contributed by atoms with E-state index in [2.05, 4.69) is 43.0 Å². The van der Waals surface area contributed by atoms with E-state index in [9.17, 15) is 5.11 Å². The van der Waals surface area contributed by atoms with E-state index >= 15 is 0 Å². The van der Waals surface area contributed by atoms with Gasteiger partial charge in [0.05, 0.1) is 6.10 Å². The summed E-state index contributed by atoms with van der Waals surface area (Å²) in [5.41, 5.74) is 2.53. The zero-order valence-electron chi connectivity index (χ0n) is 14.4. The van der Waals surface area contributed by atoms with E-state index in [0.717, 1.165) is 44.0 Å². The molecule has 0 bridgehead atoms. The van der Waals surface area contributed by atoms with Crippen LogP contribution in [0.2, 0.25) is 0 Å². The van der Waals surface area contributed by atoms with Crippen molar-refractivity contribution in [2.24, 2.45) is 0 Å². The van der Waals surface area contributed by atoms with Gasteiger partial charge in [0.1, 0.15) is 0 Å². The van der Waals surface area contributed by atoms with Gasteiger partial charge in [-0.05, 0) is 55.8 Å². The summed E-state index contributed by atoms with van der Waals surface area (Å²) in [7, 11) is 0. The molecule has 0 saturated heterocycles. The lowest BCUT2D eigenvalue weighted by molar-refractivity contribution is 0.113. The zero-order chi connectivity index (χ0) is 15.8. The third-order valence-electron chi connectivity index (χ3n) is 4.91. The molecule has 1 aliphatic carbocycles. The predicted octanol–water partition coefficient (Wildman–Crippen LogP) is 4.89. The molecule has 0 amide bonds. The molecule has 2 heteroatoms. The van der Waals surface area contributed by atoms with Gasteiger partial charge < -0.3 is 10.0 Å². The van der Waals surface area contributed by atoms with Crippen LogP contribution in [-0.2, 0) is 0 Å². The molecule has 0 heterocycles. The van der Waals surface area contributed by atoms with E-state index in [1.54, 1.807) is 0 Å². The van der Waals surface area contributed by atoms with Crippen LogP contribution < -0.4 is 0 Å². The van der Waals surface area contributed by atoms with Crippen molar-refractivity contribution in [3.05, 3.63) is 35.4 Å². The highest BCUT2D eigenvalue weighted by Crippen LogP contribution is 2.33. The van der Waals surface area contributed by atoms with Gasteiger partial charge in [-0.2, -0.15) is 0 Å². The fraction of sp³-hybridized carbons (Fsp3) is 0.700. The molecule has 0 aliphatic heterocycles. The molecule has 2 nitrogen and oxygen atoms in total. The molecule has 22 heavy (non-hydrogen) atoms. The summed E-state index contributed by atoms with van der Waals surface area (Å²) in [4.78, 5) is 2.37. The van der Waals surface area contributed by atoms with E-state index in [0.29, 0.717) is 0 Å². The highest BCUT2D eigenvalue weighted by molar-refractivity contribution is 5.27. The summed E-state index contributed by atoms with van der Waals surface area (Å²) < 4.78 is 0. The molecule has 1 N–H and O–H groups in total. The molecule has 0 radical (unpaired) electrons. The van der Waals surface area contributed by atoms with Crippen molar-refractivity contribution >= 4 is 0 Å². The summed E-state index contributed by atoms with van der Waals surface area (Å²) in [6, 6.07) is 8.78. The van der Waals surface area contributed by atoms with Crippen LogP contribution in [0.5, 0.6) is 0 Å². The summed E-state index contributed by atoms with van der Waals surface area (Å²) in [5.74, 6) is 0.747. The molecule has 1 saturated carbocycles. The van der Waals surface area contributed by atoms with Crippen molar-refractivity contribution < 1.29 is 5.11 Å². The number of hydrogen-bond acceptors (Lipinski definition) is 2. The molecule has 1 unspecified atom stereocenters. The summed E-state index contributed by atoms with van der Waals surface area (Å²) in [6.45, 7) is 7.31. The Kier molecular flexibility index (Phi) is 7.41. The average Bonchev–Trinajstić information content (AvgIpc) is 2.56. The molecule has 2 rings (SSSR count). The third-order valence-corrected chi connectivity index (χ3v) is 4.91. The van der Waals surface area contributed by atoms with Gasteiger partial charge in [-0.3, -0.25) is 0 Å². The standard InChI is InChI=1S/C20H33NO/c1-3-14-21(15-4-2)16-20(22)19-12-10-18(11-13-19)17-8-6-5-7-9-17/h10-13,17,20,22H,3-9,14-16H2,1-2H3. The van der Waals surface area contributed by atoms with Gasteiger partial charge in [0, 0.05) is 6.54 Å². The van der Waals surface area contributed by atoms with Crippen molar-refractivity contribution in [2.45, 2.75) is 70.8 Å². The molecular formula is C20H33NO. The summed E-state index contributed by atoms with van der Waals surface area (Å²) in [5, 5.41) is 10.5. The minimum absolute atomic E-state index is 0.362. The summed E-state index contributed by atoms with van der Waals surface area (Å²) in [6.07, 6.45) is 8.75. The number of hydrogen-bond donors (Lipinski definition) is 1. The van der Waals surface area contributed by atoms with Gasteiger partial charge >= 0.3 is 0 Å². The number of nitrogens with zero attached hydrogens (tertiary/aromatic N) is 1. The maximum absolute atomic E-state index is 10.5. The Morgan fingerprint density at radius 1 is 1.00 bits per heavy atom. The van der Waals surface area contributed by atoms with Crippen LogP contribution in [-0.4, -0.2) is 29.6 Å². The fourth-order valence-electron chi connectivity index (χ4n) is 3.70. The Labute approximate surface area is 136 Å². The molecule has 1 aromatic carbocycles. The first-order valence-corrected chi connectivity index (χ1v) is 9.24. The van der Waals surface area contributed by atoms with E-state index in [1.807, 2.05) is 0 Å². The maximum Gasteiger partial charge on any atom is 0.0916 e. The van der Waals surface area contributed by atoms with Crippen molar-refractivity contribution in [3.8, 4) is 0 Å². The van der Waals surface area contributed by atoms with Crippen LogP contribution in [0.3, 0.4) is 0 Å². The number of benzene rings is 1. The Hall–Kier alpha value is -0.860. The predicted molar refractivity (Wildman–Crippen MR) is 94.2 cm³/mol. The molecule has 1 fully saturated rings. The normalized spacial score (nSPS) is 17.8. The topological polar surface area (TPSA) is 23.5 Å². The van der Waals surface area contributed by atoms with Crippen molar-refractivity contribution in [3.63, 3.8) is 0 Å². The highest BCUT2D eigenvalue weighted by Gasteiger charge is 2.17. The highest BCUT2D eigenvalue weighted by atomic mass is 16.3. The molecule has 124 valence electrons. The maximum atomic E-state index is 10.5. The second kappa shape index (κ2) is 9.32. The Morgan fingerprint density at radius 3 is 2.14 bits per heavy atom. The molecule has 1 aromatic rings. The molecule has 0 aromatic heterocycles. The van der Waals surface area contributed by atoms with E-state index in [4.69, 9.17) is 0 Å². The molecular weight excluding hydrogens is 270 g/mol. The molecule has 0 spiro atoms. The number of aliphatic hydroxyl groups is 1. The Balaban J connectivity index is 1.93. The minimum Gasteiger partial charge on any atom is -0.387 e. The van der Waals surface area contributed by atoms with Crippen molar-refractivity contribution in [1.29, 1.82) is 0 Å². The van der Waals surface area contributed by atoms with Crippen LogP contribution in [0.1, 0.15) is 81.9 Å². The fourth-order valence-corrected chi connectivity index (χ4v) is 3.70. The first-order valence-electron chi connectivity index (χ1n) is 9.24. The van der Waals surface area contributed by atoms with E-state index in [1.165, 1.54) is 37.7 Å². The van der Waals surface area contributed by atoms with Gasteiger partial charge in [-0.1, -0.05) is 57.4 Å². The van der Waals surface area contributed by atoms with Crippen LogP contribution >= 0.6 is 0 Å². The average molecular weight is 303 g/mol. The van der Waals surface area contributed by atoms with Crippen LogP contribution in [0, 0.1) is 0 Å². The van der Waals surface area contributed by atoms with Crippen LogP contribution in [0.15, 0.2) is 24.3 Å². The lowest BCUT2D eigenvalue weighted by Crippen LogP contribution is -2.30. The quantitative estimate of drug-likeness (QED) is 0.739.